The van der Waals surface area contributed by atoms with Crippen LogP contribution in [0.25, 0.3) is 0 Å². The van der Waals surface area contributed by atoms with Crippen molar-refractivity contribution in [2.24, 2.45) is 5.92 Å². The van der Waals surface area contributed by atoms with Gasteiger partial charge in [0.25, 0.3) is 0 Å². The van der Waals surface area contributed by atoms with E-state index in [0.717, 1.165) is 5.57 Å². The molecule has 1 rings (SSSR count). The second kappa shape index (κ2) is 4.37. The van der Waals surface area contributed by atoms with Crippen LogP contribution in [0.4, 0.5) is 13.2 Å². The maximum absolute atomic E-state index is 12.3. The number of hydrogen-bond acceptors (Lipinski definition) is 2. The van der Waals surface area contributed by atoms with Gasteiger partial charge in [-0.05, 0) is 12.3 Å². The summed E-state index contributed by atoms with van der Waals surface area (Å²) >= 11 is 0. The highest BCUT2D eigenvalue weighted by Crippen LogP contribution is 2.30. The fourth-order valence-electron chi connectivity index (χ4n) is 1.51. The van der Waals surface area contributed by atoms with Crippen LogP contribution in [0.1, 0.15) is 20.3 Å². The van der Waals surface area contributed by atoms with E-state index >= 15 is 0 Å². The summed E-state index contributed by atoms with van der Waals surface area (Å²) in [5.74, 6) is 0.0613. The molecule has 0 atom stereocenters. The molecule has 1 aliphatic rings. The van der Waals surface area contributed by atoms with Crippen LogP contribution in [0, 0.1) is 5.92 Å². The van der Waals surface area contributed by atoms with Gasteiger partial charge in [-0.3, -0.25) is 0 Å². The van der Waals surface area contributed by atoms with Gasteiger partial charge in [0.1, 0.15) is 0 Å². The maximum atomic E-state index is 12.3. The van der Waals surface area contributed by atoms with E-state index < -0.39 is 15.5 Å². The van der Waals surface area contributed by atoms with Gasteiger partial charge in [-0.15, -0.1) is 0 Å². The smallest absolute Gasteiger partial charge is 0.203 e. The molecule has 0 aliphatic carbocycles. The van der Waals surface area contributed by atoms with Crippen molar-refractivity contribution in [2.75, 3.05) is 13.1 Å². The largest absolute Gasteiger partial charge is 0.511 e. The molecule has 1 heterocycles. The highest BCUT2D eigenvalue weighted by Gasteiger charge is 2.50. The third kappa shape index (κ3) is 2.57. The summed E-state index contributed by atoms with van der Waals surface area (Å²) in [6, 6.07) is 0. The maximum Gasteiger partial charge on any atom is 0.511 e. The van der Waals surface area contributed by atoms with E-state index in [9.17, 15) is 21.6 Å². The second-order valence-electron chi connectivity index (χ2n) is 4.01. The Bertz CT molecular complexity index is 384. The van der Waals surface area contributed by atoms with Crippen LogP contribution < -0.4 is 0 Å². The van der Waals surface area contributed by atoms with Crippen molar-refractivity contribution in [3.05, 3.63) is 11.6 Å². The molecular formula is C9H14F3NO2S. The van der Waals surface area contributed by atoms with E-state index in [-0.39, 0.29) is 19.0 Å². The zero-order valence-electron chi connectivity index (χ0n) is 9.08. The van der Waals surface area contributed by atoms with Crippen LogP contribution in [-0.2, 0) is 10.0 Å². The lowest BCUT2D eigenvalue weighted by molar-refractivity contribution is -0.0488. The van der Waals surface area contributed by atoms with E-state index in [1.807, 2.05) is 19.9 Å². The Balaban J connectivity index is 2.91. The number of nitrogens with zero attached hydrogens (tertiary/aromatic N) is 1. The van der Waals surface area contributed by atoms with E-state index in [2.05, 4.69) is 0 Å². The van der Waals surface area contributed by atoms with Gasteiger partial charge in [0.05, 0.1) is 0 Å². The average Bonchev–Trinajstić information content (AvgIpc) is 2.16. The van der Waals surface area contributed by atoms with Crippen LogP contribution in [0.2, 0.25) is 0 Å². The molecule has 0 amide bonds. The van der Waals surface area contributed by atoms with Gasteiger partial charge in [0.2, 0.25) is 0 Å². The van der Waals surface area contributed by atoms with Crippen molar-refractivity contribution in [3.8, 4) is 0 Å². The van der Waals surface area contributed by atoms with Crippen molar-refractivity contribution < 1.29 is 21.6 Å². The Morgan fingerprint density at radius 1 is 1.38 bits per heavy atom. The molecule has 0 N–H and O–H groups in total. The standard InChI is InChI=1S/C9H14F3NO2S/c1-7(2)8-4-3-5-13(6-8)16(14,15)9(10,11)12/h4,7H,3,5-6H2,1-2H3. The highest BCUT2D eigenvalue weighted by molar-refractivity contribution is 7.90. The Hall–Kier alpha value is -0.560. The van der Waals surface area contributed by atoms with Crippen LogP contribution in [0.3, 0.4) is 0 Å². The predicted molar refractivity (Wildman–Crippen MR) is 54.1 cm³/mol. The fraction of sp³-hybridized carbons (Fsp3) is 0.778. The molecule has 0 spiro atoms. The van der Waals surface area contributed by atoms with Gasteiger partial charge in [0.15, 0.2) is 0 Å². The molecule has 0 aromatic carbocycles. The molecule has 16 heavy (non-hydrogen) atoms. The van der Waals surface area contributed by atoms with Crippen LogP contribution in [-0.4, -0.2) is 31.3 Å². The van der Waals surface area contributed by atoms with Gasteiger partial charge >= 0.3 is 15.5 Å². The minimum Gasteiger partial charge on any atom is -0.203 e. The molecule has 0 aromatic heterocycles. The third-order valence-electron chi connectivity index (χ3n) is 2.52. The predicted octanol–water partition coefficient (Wildman–Crippen LogP) is 2.12. The highest BCUT2D eigenvalue weighted by atomic mass is 32.2. The Morgan fingerprint density at radius 2 is 1.94 bits per heavy atom. The Kier molecular flexibility index (Phi) is 3.69. The first kappa shape index (κ1) is 13.5. The van der Waals surface area contributed by atoms with Gasteiger partial charge in [-0.2, -0.15) is 17.5 Å². The number of hydrogen-bond donors (Lipinski definition) is 0. The summed E-state index contributed by atoms with van der Waals surface area (Å²) in [7, 11) is -5.17. The molecule has 0 radical (unpaired) electrons. The van der Waals surface area contributed by atoms with Crippen LogP contribution in [0.15, 0.2) is 11.6 Å². The first-order chi connectivity index (χ1) is 7.16. The molecule has 94 valence electrons. The zero-order valence-corrected chi connectivity index (χ0v) is 9.90. The lowest BCUT2D eigenvalue weighted by atomic mass is 10.00. The van der Waals surface area contributed by atoms with E-state index in [1.165, 1.54) is 0 Å². The van der Waals surface area contributed by atoms with Crippen molar-refractivity contribution in [1.82, 2.24) is 4.31 Å². The number of alkyl halides is 3. The van der Waals surface area contributed by atoms with E-state index in [4.69, 9.17) is 0 Å². The SMILES string of the molecule is CC(C)C1=CCCN(S(=O)(=O)C(F)(F)F)C1. The lowest BCUT2D eigenvalue weighted by Gasteiger charge is -2.28. The van der Waals surface area contributed by atoms with E-state index in [0.29, 0.717) is 10.7 Å². The summed E-state index contributed by atoms with van der Waals surface area (Å²) in [4.78, 5) is 0. The summed E-state index contributed by atoms with van der Waals surface area (Å²) in [6.45, 7) is 3.41. The fourth-order valence-corrected chi connectivity index (χ4v) is 2.47. The minimum absolute atomic E-state index is 0.0613. The Labute approximate surface area is 93.0 Å². The first-order valence-electron chi connectivity index (χ1n) is 4.91. The Morgan fingerprint density at radius 3 is 2.38 bits per heavy atom. The topological polar surface area (TPSA) is 37.4 Å². The molecule has 0 saturated heterocycles. The second-order valence-corrected chi connectivity index (χ2v) is 5.94. The van der Waals surface area contributed by atoms with Crippen molar-refractivity contribution in [1.29, 1.82) is 0 Å². The number of rotatable bonds is 2. The molecule has 0 unspecified atom stereocenters. The monoisotopic (exact) mass is 257 g/mol. The summed E-state index contributed by atoms with van der Waals surface area (Å²) < 4.78 is 59.7. The molecule has 1 aliphatic heterocycles. The van der Waals surface area contributed by atoms with Crippen molar-refractivity contribution in [2.45, 2.75) is 25.8 Å². The molecule has 0 bridgehead atoms. The number of sulfonamides is 1. The van der Waals surface area contributed by atoms with E-state index in [1.54, 1.807) is 0 Å². The summed E-state index contributed by atoms with van der Waals surface area (Å²) in [5.41, 5.74) is -4.47. The quantitative estimate of drug-likeness (QED) is 0.711. The van der Waals surface area contributed by atoms with Crippen LogP contribution >= 0.6 is 0 Å². The lowest BCUT2D eigenvalue weighted by Crippen LogP contribution is -2.43. The minimum atomic E-state index is -5.20. The van der Waals surface area contributed by atoms with Gasteiger partial charge < -0.3 is 0 Å². The summed E-state index contributed by atoms with van der Waals surface area (Å²) in [6.07, 6.45) is 2.15. The first-order valence-corrected chi connectivity index (χ1v) is 6.35. The molecule has 3 nitrogen and oxygen atoms in total. The van der Waals surface area contributed by atoms with Gasteiger partial charge in [-0.25, -0.2) is 8.42 Å². The normalized spacial score (nSPS) is 20.0. The van der Waals surface area contributed by atoms with Crippen molar-refractivity contribution >= 4 is 10.0 Å². The van der Waals surface area contributed by atoms with Gasteiger partial charge in [-0.1, -0.05) is 25.5 Å². The van der Waals surface area contributed by atoms with Crippen LogP contribution in [0.5, 0.6) is 0 Å². The van der Waals surface area contributed by atoms with Gasteiger partial charge in [0, 0.05) is 13.1 Å². The molecule has 7 heteroatoms. The number of halogens is 3. The summed E-state index contributed by atoms with van der Waals surface area (Å²) in [5, 5.41) is 0. The zero-order chi connectivity index (χ0) is 12.6. The molecule has 0 aromatic rings. The molecule has 0 fully saturated rings. The molecular weight excluding hydrogens is 243 g/mol. The van der Waals surface area contributed by atoms with Crippen molar-refractivity contribution in [3.63, 3.8) is 0 Å². The molecule has 0 saturated carbocycles. The third-order valence-corrected chi connectivity index (χ3v) is 4.09. The average molecular weight is 257 g/mol.